The molecule has 0 spiro atoms. The van der Waals surface area contributed by atoms with Crippen LogP contribution in [0.1, 0.15) is 57.7 Å². The van der Waals surface area contributed by atoms with Crippen LogP contribution in [-0.4, -0.2) is 35.4 Å². The first kappa shape index (κ1) is 30.9. The minimum atomic E-state index is -0.701. The summed E-state index contributed by atoms with van der Waals surface area (Å²) >= 11 is 7.08. The van der Waals surface area contributed by atoms with Crippen LogP contribution < -0.4 is 10.1 Å². The van der Waals surface area contributed by atoms with Crippen molar-refractivity contribution in [2.45, 2.75) is 71.5 Å². The fraction of sp³-hybridized carbons (Fsp3) is 0.375. The summed E-state index contributed by atoms with van der Waals surface area (Å²) in [5, 5.41) is 3.09. The molecule has 3 rings (SSSR count). The van der Waals surface area contributed by atoms with Crippen molar-refractivity contribution in [1.29, 1.82) is 0 Å². The van der Waals surface area contributed by atoms with Gasteiger partial charge in [0.15, 0.2) is 6.61 Å². The molecule has 1 N–H and O–H groups in total. The van der Waals surface area contributed by atoms with Crippen molar-refractivity contribution >= 4 is 43.7 Å². The lowest BCUT2D eigenvalue weighted by Gasteiger charge is -2.32. The van der Waals surface area contributed by atoms with Gasteiger partial charge in [0.25, 0.3) is 5.91 Å². The smallest absolute Gasteiger partial charge is 0.261 e. The van der Waals surface area contributed by atoms with Gasteiger partial charge in [-0.3, -0.25) is 9.59 Å². The SMILES string of the molecule is CC[C@@H](C)NC(=O)[C@H](Cc1ccccc1)N(Cc1ccc(Br)cc1)C(=O)COc1ccc(C(C)(C)C)cc1Br. The zero-order chi connectivity index (χ0) is 28.6. The molecule has 3 aromatic carbocycles. The van der Waals surface area contributed by atoms with Crippen LogP contribution in [0.2, 0.25) is 0 Å². The van der Waals surface area contributed by atoms with Gasteiger partial charge in [0.05, 0.1) is 4.47 Å². The molecule has 3 aromatic rings. The number of ether oxygens (including phenoxy) is 1. The van der Waals surface area contributed by atoms with E-state index < -0.39 is 6.04 Å². The van der Waals surface area contributed by atoms with E-state index in [1.807, 2.05) is 86.6 Å². The zero-order valence-electron chi connectivity index (χ0n) is 23.3. The third-order valence-corrected chi connectivity index (χ3v) is 7.84. The summed E-state index contributed by atoms with van der Waals surface area (Å²) in [6.07, 6.45) is 1.20. The van der Waals surface area contributed by atoms with Crippen molar-refractivity contribution in [2.75, 3.05) is 6.61 Å². The molecule has 0 radical (unpaired) electrons. The number of carbonyl (C=O) groups is 2. The number of carbonyl (C=O) groups excluding carboxylic acids is 2. The highest BCUT2D eigenvalue weighted by Gasteiger charge is 2.31. The van der Waals surface area contributed by atoms with Gasteiger partial charge in [-0.15, -0.1) is 0 Å². The monoisotopic (exact) mass is 656 g/mol. The lowest BCUT2D eigenvalue weighted by molar-refractivity contribution is -0.143. The van der Waals surface area contributed by atoms with E-state index in [1.54, 1.807) is 4.90 Å². The summed E-state index contributed by atoms with van der Waals surface area (Å²) < 4.78 is 7.75. The Morgan fingerprint density at radius 1 is 0.949 bits per heavy atom. The van der Waals surface area contributed by atoms with Gasteiger partial charge in [-0.25, -0.2) is 0 Å². The summed E-state index contributed by atoms with van der Waals surface area (Å²) in [5.41, 5.74) is 3.06. The molecule has 7 heteroatoms. The van der Waals surface area contributed by atoms with Gasteiger partial charge in [0.1, 0.15) is 11.8 Å². The third-order valence-electron chi connectivity index (χ3n) is 6.69. The summed E-state index contributed by atoms with van der Waals surface area (Å²) in [7, 11) is 0. The number of amides is 2. The van der Waals surface area contributed by atoms with E-state index in [0.29, 0.717) is 12.2 Å². The van der Waals surface area contributed by atoms with Gasteiger partial charge in [-0.2, -0.15) is 0 Å². The molecule has 0 aliphatic carbocycles. The van der Waals surface area contributed by atoms with Crippen molar-refractivity contribution < 1.29 is 14.3 Å². The minimum Gasteiger partial charge on any atom is -0.483 e. The summed E-state index contributed by atoms with van der Waals surface area (Å²) in [6, 6.07) is 22.8. The highest BCUT2D eigenvalue weighted by molar-refractivity contribution is 9.10. The molecule has 0 bridgehead atoms. The molecule has 0 fully saturated rings. The molecule has 208 valence electrons. The van der Waals surface area contributed by atoms with Crippen LogP contribution >= 0.6 is 31.9 Å². The molecule has 0 aliphatic heterocycles. The van der Waals surface area contributed by atoms with E-state index >= 15 is 0 Å². The molecule has 0 saturated carbocycles. The molecule has 0 aromatic heterocycles. The quantitative estimate of drug-likeness (QED) is 0.233. The first-order chi connectivity index (χ1) is 18.5. The zero-order valence-corrected chi connectivity index (χ0v) is 26.5. The van der Waals surface area contributed by atoms with Crippen molar-refractivity contribution in [2.24, 2.45) is 0 Å². The van der Waals surface area contributed by atoms with E-state index in [0.717, 1.165) is 32.1 Å². The van der Waals surface area contributed by atoms with E-state index in [-0.39, 0.29) is 36.4 Å². The molecule has 2 atom stereocenters. The van der Waals surface area contributed by atoms with Gasteiger partial charge in [-0.05, 0) is 75.6 Å². The number of nitrogens with one attached hydrogen (secondary N) is 1. The Balaban J connectivity index is 1.91. The number of hydrogen-bond acceptors (Lipinski definition) is 3. The van der Waals surface area contributed by atoms with E-state index in [4.69, 9.17) is 4.74 Å². The van der Waals surface area contributed by atoms with Crippen LogP contribution in [0.3, 0.4) is 0 Å². The standard InChI is InChI=1S/C32H38Br2N2O3/c1-6-22(2)35-31(38)28(18-23-10-8-7-9-11-23)36(20-24-12-15-26(33)16-13-24)30(37)21-39-29-17-14-25(19-27(29)34)32(3,4)5/h7-17,19,22,28H,6,18,20-21H2,1-5H3,(H,35,38)/t22-,28+/m1/s1. The molecule has 0 aliphatic rings. The summed E-state index contributed by atoms with van der Waals surface area (Å²) in [4.78, 5) is 29.1. The van der Waals surface area contributed by atoms with Crippen LogP contribution in [-0.2, 0) is 28.0 Å². The average molecular weight is 658 g/mol. The van der Waals surface area contributed by atoms with Crippen LogP contribution in [0.4, 0.5) is 0 Å². The average Bonchev–Trinajstić information content (AvgIpc) is 2.90. The van der Waals surface area contributed by atoms with Crippen LogP contribution in [0.5, 0.6) is 5.75 Å². The summed E-state index contributed by atoms with van der Waals surface area (Å²) in [5.74, 6) is 0.155. The Hall–Kier alpha value is -2.64. The molecule has 0 unspecified atom stereocenters. The molecule has 2 amide bonds. The molecule has 0 saturated heterocycles. The predicted octanol–water partition coefficient (Wildman–Crippen LogP) is 7.44. The maximum atomic E-state index is 13.8. The maximum absolute atomic E-state index is 13.8. The highest BCUT2D eigenvalue weighted by Crippen LogP contribution is 2.31. The normalized spacial score (nSPS) is 12.9. The maximum Gasteiger partial charge on any atom is 0.261 e. The number of nitrogens with zero attached hydrogens (tertiary/aromatic N) is 1. The Morgan fingerprint density at radius 2 is 1.62 bits per heavy atom. The molecular formula is C32H38Br2N2O3. The van der Waals surface area contributed by atoms with Gasteiger partial charge in [0, 0.05) is 23.5 Å². The number of benzene rings is 3. The molecule has 39 heavy (non-hydrogen) atoms. The van der Waals surface area contributed by atoms with Gasteiger partial charge in [-0.1, -0.05) is 92.2 Å². The van der Waals surface area contributed by atoms with Crippen molar-refractivity contribution in [3.8, 4) is 5.75 Å². The Bertz CT molecular complexity index is 1240. The number of halogens is 2. The van der Waals surface area contributed by atoms with E-state index in [9.17, 15) is 9.59 Å². The van der Waals surface area contributed by atoms with E-state index in [2.05, 4.69) is 57.9 Å². The van der Waals surface area contributed by atoms with Crippen molar-refractivity contribution in [3.63, 3.8) is 0 Å². The highest BCUT2D eigenvalue weighted by atomic mass is 79.9. The fourth-order valence-corrected chi connectivity index (χ4v) is 4.85. The van der Waals surface area contributed by atoms with Gasteiger partial charge >= 0.3 is 0 Å². The largest absolute Gasteiger partial charge is 0.483 e. The second-order valence-electron chi connectivity index (χ2n) is 10.9. The fourth-order valence-electron chi connectivity index (χ4n) is 4.09. The van der Waals surface area contributed by atoms with Crippen LogP contribution in [0.25, 0.3) is 0 Å². The topological polar surface area (TPSA) is 58.6 Å². The number of rotatable bonds is 11. The minimum absolute atomic E-state index is 0.00561. The molecular weight excluding hydrogens is 620 g/mol. The van der Waals surface area contributed by atoms with Crippen molar-refractivity contribution in [1.82, 2.24) is 10.2 Å². The van der Waals surface area contributed by atoms with Gasteiger partial charge in [0.2, 0.25) is 5.91 Å². The second kappa shape index (κ2) is 14.1. The second-order valence-corrected chi connectivity index (χ2v) is 12.6. The Labute approximate surface area is 249 Å². The first-order valence-corrected chi connectivity index (χ1v) is 14.9. The van der Waals surface area contributed by atoms with Gasteiger partial charge < -0.3 is 15.0 Å². The first-order valence-electron chi connectivity index (χ1n) is 13.3. The van der Waals surface area contributed by atoms with E-state index in [1.165, 1.54) is 0 Å². The third kappa shape index (κ3) is 9.21. The molecule has 5 nitrogen and oxygen atoms in total. The number of hydrogen-bond donors (Lipinski definition) is 1. The lowest BCUT2D eigenvalue weighted by Crippen LogP contribution is -2.53. The lowest BCUT2D eigenvalue weighted by atomic mass is 9.87. The Morgan fingerprint density at radius 3 is 2.21 bits per heavy atom. The summed E-state index contributed by atoms with van der Waals surface area (Å²) in [6.45, 7) is 10.5. The van der Waals surface area contributed by atoms with Crippen LogP contribution in [0, 0.1) is 0 Å². The predicted molar refractivity (Wildman–Crippen MR) is 165 cm³/mol. The van der Waals surface area contributed by atoms with Crippen LogP contribution in [0.15, 0.2) is 81.7 Å². The Kier molecular flexibility index (Phi) is 11.2. The van der Waals surface area contributed by atoms with Crippen molar-refractivity contribution in [3.05, 3.63) is 98.4 Å². The molecule has 0 heterocycles.